The first-order valence-electron chi connectivity index (χ1n) is 10.2. The molecule has 0 fully saturated rings. The Labute approximate surface area is 155 Å². The van der Waals surface area contributed by atoms with Crippen molar-refractivity contribution in [2.45, 2.75) is 91.0 Å². The van der Waals surface area contributed by atoms with E-state index in [1.807, 2.05) is 13.8 Å². The van der Waals surface area contributed by atoms with Crippen LogP contribution in [-0.2, 0) is 9.59 Å². The van der Waals surface area contributed by atoms with Crippen LogP contribution in [-0.4, -0.2) is 42.9 Å². The zero-order chi connectivity index (χ0) is 19.1. The molecule has 0 aromatic rings. The highest BCUT2D eigenvalue weighted by molar-refractivity contribution is 5.87. The number of carbonyl (C=O) groups excluding carboxylic acids is 2. The molecule has 0 aromatic carbocycles. The lowest BCUT2D eigenvalue weighted by Crippen LogP contribution is -2.50. The molecule has 1 atom stereocenters. The van der Waals surface area contributed by atoms with Gasteiger partial charge in [0.15, 0.2) is 0 Å². The van der Waals surface area contributed by atoms with Crippen LogP contribution in [0.2, 0.25) is 0 Å². The fourth-order valence-electron chi connectivity index (χ4n) is 3.08. The van der Waals surface area contributed by atoms with E-state index in [9.17, 15) is 9.59 Å². The molecule has 0 aromatic heterocycles. The second kappa shape index (κ2) is 15.2. The van der Waals surface area contributed by atoms with Crippen molar-refractivity contribution in [2.24, 2.45) is 11.7 Å². The molecule has 0 rings (SSSR count). The number of nitrogens with one attached hydrogen (secondary N) is 1. The van der Waals surface area contributed by atoms with Gasteiger partial charge in [-0.25, -0.2) is 0 Å². The summed E-state index contributed by atoms with van der Waals surface area (Å²) in [6, 6.07) is -0.387. The fraction of sp³-hybridized carbons (Fsp3) is 0.900. The second-order valence-corrected chi connectivity index (χ2v) is 7.35. The van der Waals surface area contributed by atoms with Crippen molar-refractivity contribution in [1.82, 2.24) is 10.2 Å². The van der Waals surface area contributed by atoms with Crippen LogP contribution >= 0.6 is 0 Å². The van der Waals surface area contributed by atoms with Gasteiger partial charge in [-0.15, -0.1) is 0 Å². The number of likely N-dealkylation sites (N-methyl/N-ethyl adjacent to an activating group) is 1. The normalized spacial score (nSPS) is 12.2. The van der Waals surface area contributed by atoms with Gasteiger partial charge in [0.2, 0.25) is 11.8 Å². The smallest absolute Gasteiger partial charge is 0.243 e. The van der Waals surface area contributed by atoms with Gasteiger partial charge in [-0.3, -0.25) is 9.59 Å². The third kappa shape index (κ3) is 11.2. The molecule has 0 aliphatic carbocycles. The summed E-state index contributed by atoms with van der Waals surface area (Å²) in [7, 11) is 1.76. The Kier molecular flexibility index (Phi) is 14.5. The number of amides is 2. The molecule has 5 heteroatoms. The van der Waals surface area contributed by atoms with Crippen LogP contribution in [0, 0.1) is 5.92 Å². The lowest BCUT2D eigenvalue weighted by atomic mass is 10.0. The molecule has 0 aliphatic rings. The maximum atomic E-state index is 12.5. The molecular formula is C20H41N3O2. The quantitative estimate of drug-likeness (QED) is 0.442. The third-order valence-corrected chi connectivity index (χ3v) is 4.64. The minimum Gasteiger partial charge on any atom is -0.354 e. The van der Waals surface area contributed by atoms with Crippen molar-refractivity contribution in [2.75, 3.05) is 20.1 Å². The molecule has 148 valence electrons. The molecule has 0 aliphatic heterocycles. The summed E-state index contributed by atoms with van der Waals surface area (Å²) in [4.78, 5) is 26.6. The second-order valence-electron chi connectivity index (χ2n) is 7.35. The molecular weight excluding hydrogens is 314 g/mol. The maximum Gasteiger partial charge on any atom is 0.243 e. The van der Waals surface area contributed by atoms with Gasteiger partial charge in [0.05, 0.1) is 0 Å². The maximum absolute atomic E-state index is 12.5. The lowest BCUT2D eigenvalue weighted by molar-refractivity contribution is -0.140. The average molecular weight is 356 g/mol. The molecule has 0 heterocycles. The van der Waals surface area contributed by atoms with Gasteiger partial charge in [0, 0.05) is 20.0 Å². The summed E-state index contributed by atoms with van der Waals surface area (Å²) in [6.45, 7) is 7.54. The number of nitrogens with zero attached hydrogens (tertiary/aromatic N) is 1. The van der Waals surface area contributed by atoms with Crippen LogP contribution in [0.3, 0.4) is 0 Å². The number of nitrogens with two attached hydrogens (primary N) is 1. The highest BCUT2D eigenvalue weighted by atomic mass is 16.2. The third-order valence-electron chi connectivity index (χ3n) is 4.64. The minimum absolute atomic E-state index is 0.0402. The van der Waals surface area contributed by atoms with Gasteiger partial charge in [-0.05, 0) is 31.7 Å². The molecule has 0 saturated heterocycles. The van der Waals surface area contributed by atoms with E-state index in [4.69, 9.17) is 5.73 Å². The largest absolute Gasteiger partial charge is 0.354 e. The first-order valence-corrected chi connectivity index (χ1v) is 10.2. The van der Waals surface area contributed by atoms with Crippen LogP contribution in [0.1, 0.15) is 85.0 Å². The van der Waals surface area contributed by atoms with E-state index in [1.165, 1.54) is 25.7 Å². The van der Waals surface area contributed by atoms with E-state index >= 15 is 0 Å². The van der Waals surface area contributed by atoms with Crippen molar-refractivity contribution >= 4 is 11.8 Å². The summed E-state index contributed by atoms with van der Waals surface area (Å²) >= 11 is 0. The first-order chi connectivity index (χ1) is 12.0. The Morgan fingerprint density at radius 3 is 2.16 bits per heavy atom. The lowest BCUT2D eigenvalue weighted by Gasteiger charge is -2.30. The van der Waals surface area contributed by atoms with Crippen LogP contribution in [0.15, 0.2) is 0 Å². The van der Waals surface area contributed by atoms with Gasteiger partial charge in [0.1, 0.15) is 6.04 Å². The summed E-state index contributed by atoms with van der Waals surface area (Å²) < 4.78 is 0. The molecule has 0 spiro atoms. The Morgan fingerprint density at radius 2 is 1.56 bits per heavy atom. The van der Waals surface area contributed by atoms with Crippen LogP contribution < -0.4 is 11.1 Å². The van der Waals surface area contributed by atoms with Crippen LogP contribution in [0.5, 0.6) is 0 Å². The van der Waals surface area contributed by atoms with E-state index in [2.05, 4.69) is 12.2 Å². The van der Waals surface area contributed by atoms with E-state index in [-0.39, 0.29) is 23.8 Å². The molecule has 25 heavy (non-hydrogen) atoms. The number of hydrogen-bond acceptors (Lipinski definition) is 3. The van der Waals surface area contributed by atoms with Gasteiger partial charge in [-0.1, -0.05) is 59.3 Å². The number of rotatable bonds is 15. The van der Waals surface area contributed by atoms with E-state index in [0.717, 1.165) is 32.1 Å². The highest BCUT2D eigenvalue weighted by Gasteiger charge is 2.29. The molecule has 0 bridgehead atoms. The summed E-state index contributed by atoms with van der Waals surface area (Å²) in [6.07, 6.45) is 10.4. The van der Waals surface area contributed by atoms with E-state index in [1.54, 1.807) is 11.9 Å². The monoisotopic (exact) mass is 355 g/mol. The molecule has 5 nitrogen and oxygen atoms in total. The van der Waals surface area contributed by atoms with Gasteiger partial charge >= 0.3 is 0 Å². The van der Waals surface area contributed by atoms with Crippen LogP contribution in [0.25, 0.3) is 0 Å². The van der Waals surface area contributed by atoms with Crippen molar-refractivity contribution in [3.8, 4) is 0 Å². The zero-order valence-electron chi connectivity index (χ0n) is 17.0. The van der Waals surface area contributed by atoms with Gasteiger partial charge in [-0.2, -0.15) is 0 Å². The number of unbranched alkanes of at least 4 members (excludes halogenated alkanes) is 7. The van der Waals surface area contributed by atoms with Crippen molar-refractivity contribution in [1.29, 1.82) is 0 Å². The Morgan fingerprint density at radius 1 is 0.960 bits per heavy atom. The van der Waals surface area contributed by atoms with Crippen molar-refractivity contribution in [3.05, 3.63) is 0 Å². The Balaban J connectivity index is 4.25. The average Bonchev–Trinajstić information content (AvgIpc) is 2.57. The molecule has 0 radical (unpaired) electrons. The predicted octanol–water partition coefficient (Wildman–Crippen LogP) is 3.47. The molecule has 3 N–H and O–H groups in total. The zero-order valence-corrected chi connectivity index (χ0v) is 17.0. The fourth-order valence-corrected chi connectivity index (χ4v) is 3.08. The molecule has 1 unspecified atom stereocenters. The Bertz CT molecular complexity index is 359. The van der Waals surface area contributed by atoms with E-state index in [0.29, 0.717) is 19.5 Å². The topological polar surface area (TPSA) is 75.4 Å². The molecule has 2 amide bonds. The molecule has 0 saturated carbocycles. The van der Waals surface area contributed by atoms with E-state index < -0.39 is 0 Å². The SMILES string of the molecule is CCCCCCCCC(=O)N(C)C(C(=O)NCCCCCN)C(C)C. The van der Waals surface area contributed by atoms with Gasteiger partial charge in [0.25, 0.3) is 0 Å². The predicted molar refractivity (Wildman–Crippen MR) is 105 cm³/mol. The highest BCUT2D eigenvalue weighted by Crippen LogP contribution is 2.13. The number of carbonyl (C=O) groups is 2. The summed E-state index contributed by atoms with van der Waals surface area (Å²) in [5, 5.41) is 2.98. The van der Waals surface area contributed by atoms with Crippen molar-refractivity contribution in [3.63, 3.8) is 0 Å². The number of hydrogen-bond donors (Lipinski definition) is 2. The summed E-state index contributed by atoms with van der Waals surface area (Å²) in [5.41, 5.74) is 5.47. The van der Waals surface area contributed by atoms with Crippen LogP contribution in [0.4, 0.5) is 0 Å². The minimum atomic E-state index is -0.387. The van der Waals surface area contributed by atoms with Crippen molar-refractivity contribution < 1.29 is 9.59 Å². The standard InChI is InChI=1S/C20H41N3O2/c1-5-6-7-8-9-11-14-18(24)23(4)19(17(2)3)20(25)22-16-13-10-12-15-21/h17,19H,5-16,21H2,1-4H3,(H,22,25). The first kappa shape index (κ1) is 23.9. The summed E-state index contributed by atoms with van der Waals surface area (Å²) in [5.74, 6) is 0.136. The van der Waals surface area contributed by atoms with Gasteiger partial charge < -0.3 is 16.0 Å². The Hall–Kier alpha value is -1.10.